The third-order valence-corrected chi connectivity index (χ3v) is 4.49. The first-order valence-corrected chi connectivity index (χ1v) is 8.23. The Kier molecular flexibility index (Phi) is 6.06. The highest BCUT2D eigenvalue weighted by atomic mass is 79.9. The molecule has 21 heavy (non-hydrogen) atoms. The van der Waals surface area contributed by atoms with Crippen LogP contribution in [0.4, 0.5) is 0 Å². The van der Waals surface area contributed by atoms with Crippen LogP contribution in [-0.4, -0.2) is 44.1 Å². The Morgan fingerprint density at radius 2 is 2.14 bits per heavy atom. The van der Waals surface area contributed by atoms with E-state index in [-0.39, 0.29) is 5.91 Å². The number of rotatable bonds is 5. The standard InChI is InChI=1S/C16H23BrN2O2/c1-12-5-8-19(9-6-12)10-7-18-16(20)14-4-3-13(17)11-15(14)21-2/h3-4,11-12H,5-10H2,1-2H3,(H,18,20). The van der Waals surface area contributed by atoms with Gasteiger partial charge in [0.1, 0.15) is 5.75 Å². The van der Waals surface area contributed by atoms with Crippen molar-refractivity contribution in [2.45, 2.75) is 19.8 Å². The summed E-state index contributed by atoms with van der Waals surface area (Å²) in [4.78, 5) is 14.6. The minimum atomic E-state index is -0.0790. The van der Waals surface area contributed by atoms with Gasteiger partial charge in [-0.3, -0.25) is 4.79 Å². The van der Waals surface area contributed by atoms with Crippen LogP contribution in [0.25, 0.3) is 0 Å². The molecule has 1 N–H and O–H groups in total. The second-order valence-corrected chi connectivity index (χ2v) is 6.54. The SMILES string of the molecule is COc1cc(Br)ccc1C(=O)NCCN1CCC(C)CC1. The predicted molar refractivity (Wildman–Crippen MR) is 87.9 cm³/mol. The highest BCUT2D eigenvalue weighted by molar-refractivity contribution is 9.10. The van der Waals surface area contributed by atoms with Crippen molar-refractivity contribution in [2.75, 3.05) is 33.3 Å². The molecule has 1 heterocycles. The fourth-order valence-electron chi connectivity index (χ4n) is 2.56. The van der Waals surface area contributed by atoms with Gasteiger partial charge in [0.2, 0.25) is 0 Å². The van der Waals surface area contributed by atoms with Gasteiger partial charge in [-0.1, -0.05) is 22.9 Å². The Morgan fingerprint density at radius 1 is 1.43 bits per heavy atom. The summed E-state index contributed by atoms with van der Waals surface area (Å²) in [5, 5.41) is 2.98. The zero-order chi connectivity index (χ0) is 15.2. The van der Waals surface area contributed by atoms with E-state index in [4.69, 9.17) is 4.74 Å². The Hall–Kier alpha value is -1.07. The Balaban J connectivity index is 1.82. The van der Waals surface area contributed by atoms with Crippen molar-refractivity contribution in [1.29, 1.82) is 0 Å². The summed E-state index contributed by atoms with van der Waals surface area (Å²) in [6, 6.07) is 5.44. The summed E-state index contributed by atoms with van der Waals surface area (Å²) in [5.74, 6) is 1.35. The summed E-state index contributed by atoms with van der Waals surface area (Å²) in [7, 11) is 1.58. The number of halogens is 1. The summed E-state index contributed by atoms with van der Waals surface area (Å²) < 4.78 is 6.16. The van der Waals surface area contributed by atoms with Gasteiger partial charge in [0, 0.05) is 17.6 Å². The molecule has 1 fully saturated rings. The van der Waals surface area contributed by atoms with Crippen LogP contribution >= 0.6 is 15.9 Å². The van der Waals surface area contributed by atoms with E-state index >= 15 is 0 Å². The van der Waals surface area contributed by atoms with Crippen LogP contribution < -0.4 is 10.1 Å². The molecule has 1 aliphatic heterocycles. The van der Waals surface area contributed by atoms with Crippen molar-refractivity contribution in [3.8, 4) is 5.75 Å². The van der Waals surface area contributed by atoms with E-state index in [1.54, 1.807) is 19.2 Å². The molecule has 1 aromatic carbocycles. The molecule has 0 radical (unpaired) electrons. The fourth-order valence-corrected chi connectivity index (χ4v) is 2.90. The number of carbonyl (C=O) groups excluding carboxylic acids is 1. The molecule has 0 aromatic heterocycles. The molecule has 0 saturated carbocycles. The topological polar surface area (TPSA) is 41.6 Å². The number of hydrogen-bond acceptors (Lipinski definition) is 3. The lowest BCUT2D eigenvalue weighted by Gasteiger charge is -2.30. The van der Waals surface area contributed by atoms with Crippen LogP contribution in [0.5, 0.6) is 5.75 Å². The number of hydrogen-bond donors (Lipinski definition) is 1. The summed E-state index contributed by atoms with van der Waals surface area (Å²) in [5.41, 5.74) is 0.577. The first-order valence-electron chi connectivity index (χ1n) is 7.44. The number of ether oxygens (including phenoxy) is 1. The zero-order valence-electron chi connectivity index (χ0n) is 12.7. The monoisotopic (exact) mass is 354 g/mol. The number of carbonyl (C=O) groups is 1. The smallest absolute Gasteiger partial charge is 0.255 e. The van der Waals surface area contributed by atoms with Crippen LogP contribution in [0.2, 0.25) is 0 Å². The van der Waals surface area contributed by atoms with Crippen molar-refractivity contribution < 1.29 is 9.53 Å². The molecule has 5 heteroatoms. The van der Waals surface area contributed by atoms with E-state index in [0.717, 1.165) is 30.0 Å². The van der Waals surface area contributed by atoms with Gasteiger partial charge in [0.15, 0.2) is 0 Å². The predicted octanol–water partition coefficient (Wildman–Crippen LogP) is 2.92. The average molecular weight is 355 g/mol. The lowest BCUT2D eigenvalue weighted by atomic mass is 9.99. The van der Waals surface area contributed by atoms with Crippen molar-refractivity contribution in [3.63, 3.8) is 0 Å². The quantitative estimate of drug-likeness (QED) is 0.883. The van der Waals surface area contributed by atoms with Gasteiger partial charge in [-0.15, -0.1) is 0 Å². The summed E-state index contributed by atoms with van der Waals surface area (Å²) in [6.07, 6.45) is 2.52. The van der Waals surface area contributed by atoms with Crippen LogP contribution in [-0.2, 0) is 0 Å². The molecule has 2 rings (SSSR count). The van der Waals surface area contributed by atoms with Crippen LogP contribution in [0.1, 0.15) is 30.1 Å². The van der Waals surface area contributed by atoms with E-state index in [1.807, 2.05) is 6.07 Å². The second kappa shape index (κ2) is 7.80. The number of nitrogens with one attached hydrogen (secondary N) is 1. The number of nitrogens with zero attached hydrogens (tertiary/aromatic N) is 1. The van der Waals surface area contributed by atoms with Crippen molar-refractivity contribution in [2.24, 2.45) is 5.92 Å². The molecular formula is C16H23BrN2O2. The molecule has 1 aliphatic rings. The van der Waals surface area contributed by atoms with Gasteiger partial charge >= 0.3 is 0 Å². The maximum atomic E-state index is 12.2. The molecule has 0 unspecified atom stereocenters. The van der Waals surface area contributed by atoms with Gasteiger partial charge in [-0.05, 0) is 50.0 Å². The molecule has 1 aromatic rings. The van der Waals surface area contributed by atoms with Gasteiger partial charge in [-0.25, -0.2) is 0 Å². The van der Waals surface area contributed by atoms with Crippen molar-refractivity contribution in [1.82, 2.24) is 10.2 Å². The average Bonchev–Trinajstić information content (AvgIpc) is 2.49. The normalized spacial score (nSPS) is 16.7. The highest BCUT2D eigenvalue weighted by Gasteiger charge is 2.16. The van der Waals surface area contributed by atoms with E-state index < -0.39 is 0 Å². The van der Waals surface area contributed by atoms with Gasteiger partial charge < -0.3 is 15.0 Å². The number of piperidine rings is 1. The third-order valence-electron chi connectivity index (χ3n) is 4.00. The molecule has 4 nitrogen and oxygen atoms in total. The van der Waals surface area contributed by atoms with Gasteiger partial charge in [-0.2, -0.15) is 0 Å². The number of benzene rings is 1. The fraction of sp³-hybridized carbons (Fsp3) is 0.562. The molecule has 0 spiro atoms. The maximum absolute atomic E-state index is 12.2. The lowest BCUT2D eigenvalue weighted by Crippen LogP contribution is -2.39. The number of methoxy groups -OCH3 is 1. The number of likely N-dealkylation sites (tertiary alicyclic amines) is 1. The summed E-state index contributed by atoms with van der Waals surface area (Å²) in [6.45, 7) is 6.17. The third kappa shape index (κ3) is 4.71. The Bertz CT molecular complexity index is 485. The minimum Gasteiger partial charge on any atom is -0.496 e. The summed E-state index contributed by atoms with van der Waals surface area (Å²) >= 11 is 3.38. The minimum absolute atomic E-state index is 0.0790. The van der Waals surface area contributed by atoms with E-state index in [9.17, 15) is 4.79 Å². The molecule has 1 amide bonds. The number of amides is 1. The molecular weight excluding hydrogens is 332 g/mol. The van der Waals surface area contributed by atoms with Crippen LogP contribution in [0.3, 0.4) is 0 Å². The van der Waals surface area contributed by atoms with Crippen molar-refractivity contribution in [3.05, 3.63) is 28.2 Å². The zero-order valence-corrected chi connectivity index (χ0v) is 14.3. The molecule has 0 bridgehead atoms. The Labute approximate surface area is 135 Å². The maximum Gasteiger partial charge on any atom is 0.255 e. The molecule has 0 aliphatic carbocycles. The highest BCUT2D eigenvalue weighted by Crippen LogP contribution is 2.23. The van der Waals surface area contributed by atoms with E-state index in [0.29, 0.717) is 17.9 Å². The van der Waals surface area contributed by atoms with Crippen LogP contribution in [0.15, 0.2) is 22.7 Å². The molecule has 0 atom stereocenters. The first-order chi connectivity index (χ1) is 10.1. The van der Waals surface area contributed by atoms with Crippen molar-refractivity contribution >= 4 is 21.8 Å². The lowest BCUT2D eigenvalue weighted by molar-refractivity contribution is 0.0941. The molecule has 116 valence electrons. The molecule has 1 saturated heterocycles. The van der Waals surface area contributed by atoms with E-state index in [2.05, 4.69) is 33.1 Å². The second-order valence-electron chi connectivity index (χ2n) is 5.62. The Morgan fingerprint density at radius 3 is 2.81 bits per heavy atom. The largest absolute Gasteiger partial charge is 0.496 e. The van der Waals surface area contributed by atoms with Gasteiger partial charge in [0.05, 0.1) is 12.7 Å². The van der Waals surface area contributed by atoms with E-state index in [1.165, 1.54) is 12.8 Å². The first kappa shape index (κ1) is 16.3. The van der Waals surface area contributed by atoms with Crippen LogP contribution in [0, 0.1) is 5.92 Å². The van der Waals surface area contributed by atoms with Gasteiger partial charge in [0.25, 0.3) is 5.91 Å².